The quantitative estimate of drug-likeness (QED) is 0.127. The molecule has 0 spiro atoms. The lowest BCUT2D eigenvalue weighted by atomic mass is 10.0. The average Bonchev–Trinajstić information content (AvgIpc) is 2.55. The first-order chi connectivity index (χ1) is 12.0. The molecule has 0 aromatic heterocycles. The van der Waals surface area contributed by atoms with Gasteiger partial charge in [-0.15, -0.1) is 0 Å². The van der Waals surface area contributed by atoms with E-state index in [1.807, 2.05) is 0 Å². The Hall–Kier alpha value is -0.580. The van der Waals surface area contributed by atoms with Crippen molar-refractivity contribution >= 4 is 38.0 Å². The molecule has 1 aliphatic heterocycles. The predicted molar refractivity (Wildman–Crippen MR) is 93.9 cm³/mol. The molecule has 152 valence electrons. The summed E-state index contributed by atoms with van der Waals surface area (Å²) in [7, 11) is -6.03. The van der Waals surface area contributed by atoms with Gasteiger partial charge in [0.25, 0.3) is 0 Å². The number of oxime groups is 1. The third kappa shape index (κ3) is 7.98. The van der Waals surface area contributed by atoms with E-state index in [0.29, 0.717) is 11.8 Å². The van der Waals surface area contributed by atoms with Crippen molar-refractivity contribution in [2.75, 3.05) is 12.9 Å². The average molecular weight is 435 g/mol. The summed E-state index contributed by atoms with van der Waals surface area (Å²) in [6.45, 7) is -0.624. The van der Waals surface area contributed by atoms with Crippen molar-refractivity contribution < 1.29 is 46.6 Å². The van der Waals surface area contributed by atoms with Crippen LogP contribution in [-0.4, -0.2) is 85.4 Å². The second-order valence-electron chi connectivity index (χ2n) is 5.21. The Morgan fingerprint density at radius 2 is 1.96 bits per heavy atom. The van der Waals surface area contributed by atoms with Crippen LogP contribution >= 0.6 is 11.8 Å². The van der Waals surface area contributed by atoms with Crippen molar-refractivity contribution in [1.82, 2.24) is 0 Å². The Morgan fingerprint density at radius 3 is 2.50 bits per heavy atom. The highest BCUT2D eigenvalue weighted by Gasteiger charge is 2.44. The van der Waals surface area contributed by atoms with Gasteiger partial charge in [-0.3, -0.25) is 8.76 Å². The summed E-state index contributed by atoms with van der Waals surface area (Å²) < 4.78 is 50.2. The van der Waals surface area contributed by atoms with Crippen LogP contribution in [0.5, 0.6) is 0 Å². The Morgan fingerprint density at radius 1 is 1.31 bits per heavy atom. The van der Waals surface area contributed by atoms with E-state index in [4.69, 9.17) is 14.4 Å². The SMILES string of the molecule is CS(=O)/C=C/CCC(=NOS(=O)(=O)O)S[C@@H]1O[C@H](CO)[C@@H](O)[C@H](O)[C@H]1O. The Labute approximate surface area is 157 Å². The molecule has 14 heteroatoms. The van der Waals surface area contributed by atoms with Gasteiger partial charge in [-0.2, -0.15) is 8.42 Å². The summed E-state index contributed by atoms with van der Waals surface area (Å²) in [6, 6.07) is 0. The third-order valence-corrected chi connectivity index (χ3v) is 5.16. The molecule has 1 heterocycles. The molecule has 1 aliphatic rings. The zero-order valence-electron chi connectivity index (χ0n) is 13.6. The molecule has 1 unspecified atom stereocenters. The number of aliphatic hydroxyl groups is 4. The minimum atomic E-state index is -4.85. The molecule has 5 N–H and O–H groups in total. The molecule has 0 bridgehead atoms. The smallest absolute Gasteiger partial charge is 0.394 e. The summed E-state index contributed by atoms with van der Waals surface area (Å²) in [5.74, 6) is 0. The Bertz CT molecular complexity index is 635. The van der Waals surface area contributed by atoms with Gasteiger partial charge in [0.05, 0.1) is 6.61 Å². The topological polar surface area (TPSA) is 183 Å². The van der Waals surface area contributed by atoms with E-state index in [9.17, 15) is 27.9 Å². The number of allylic oxidation sites excluding steroid dienone is 1. The number of aliphatic hydroxyl groups excluding tert-OH is 4. The van der Waals surface area contributed by atoms with Gasteiger partial charge >= 0.3 is 10.4 Å². The minimum absolute atomic E-state index is 0.0292. The van der Waals surface area contributed by atoms with E-state index >= 15 is 0 Å². The van der Waals surface area contributed by atoms with Gasteiger partial charge in [0, 0.05) is 23.5 Å². The molecule has 1 saturated heterocycles. The molecule has 1 fully saturated rings. The van der Waals surface area contributed by atoms with E-state index in [1.165, 1.54) is 11.7 Å². The molecule has 0 aromatic rings. The maximum Gasteiger partial charge on any atom is 0.466 e. The van der Waals surface area contributed by atoms with E-state index in [1.54, 1.807) is 6.08 Å². The maximum absolute atomic E-state index is 11.0. The van der Waals surface area contributed by atoms with Crippen molar-refractivity contribution in [2.24, 2.45) is 5.16 Å². The summed E-state index contributed by atoms with van der Waals surface area (Å²) in [5, 5.41) is 43.3. The molecule has 26 heavy (non-hydrogen) atoms. The lowest BCUT2D eigenvalue weighted by Gasteiger charge is -2.39. The van der Waals surface area contributed by atoms with E-state index in [2.05, 4.69) is 9.44 Å². The highest BCUT2D eigenvalue weighted by molar-refractivity contribution is 8.14. The van der Waals surface area contributed by atoms with Crippen molar-refractivity contribution in [1.29, 1.82) is 0 Å². The summed E-state index contributed by atoms with van der Waals surface area (Å²) in [6.07, 6.45) is -2.50. The number of nitrogens with zero attached hydrogens (tertiary/aromatic N) is 1. The van der Waals surface area contributed by atoms with Crippen LogP contribution in [-0.2, 0) is 30.2 Å². The highest BCUT2D eigenvalue weighted by Crippen LogP contribution is 2.30. The number of rotatable bonds is 8. The fourth-order valence-electron chi connectivity index (χ4n) is 1.92. The fraction of sp³-hybridized carbons (Fsp3) is 0.750. The second-order valence-corrected chi connectivity index (χ2v) is 8.66. The summed E-state index contributed by atoms with van der Waals surface area (Å²) >= 11 is 0.683. The van der Waals surface area contributed by atoms with Crippen molar-refractivity contribution in [2.45, 2.75) is 42.7 Å². The van der Waals surface area contributed by atoms with E-state index < -0.39 is 57.7 Å². The van der Waals surface area contributed by atoms with Gasteiger partial charge in [0.1, 0.15) is 34.9 Å². The van der Waals surface area contributed by atoms with Crippen LogP contribution in [0.15, 0.2) is 16.6 Å². The van der Waals surface area contributed by atoms with Gasteiger partial charge in [0.15, 0.2) is 0 Å². The number of hydrogen-bond acceptors (Lipinski definition) is 11. The van der Waals surface area contributed by atoms with Gasteiger partial charge in [0.2, 0.25) is 0 Å². The third-order valence-electron chi connectivity index (χ3n) is 3.15. The van der Waals surface area contributed by atoms with Crippen LogP contribution in [0.3, 0.4) is 0 Å². The van der Waals surface area contributed by atoms with Crippen LogP contribution in [0, 0.1) is 0 Å². The van der Waals surface area contributed by atoms with Crippen LogP contribution in [0.2, 0.25) is 0 Å². The van der Waals surface area contributed by atoms with Crippen LogP contribution in [0.4, 0.5) is 0 Å². The van der Waals surface area contributed by atoms with E-state index in [0.717, 1.165) is 0 Å². The minimum Gasteiger partial charge on any atom is -0.394 e. The van der Waals surface area contributed by atoms with Gasteiger partial charge in [-0.05, 0) is 11.8 Å². The normalized spacial score (nSPS) is 31.9. The molecule has 0 saturated carbocycles. The molecule has 0 aromatic carbocycles. The molecule has 11 nitrogen and oxygen atoms in total. The molecular formula is C12H21NO10S3. The first kappa shape index (κ1) is 23.5. The highest BCUT2D eigenvalue weighted by atomic mass is 32.3. The predicted octanol–water partition coefficient (Wildman–Crippen LogP) is -1.68. The summed E-state index contributed by atoms with van der Waals surface area (Å²) in [4.78, 5) is 0. The van der Waals surface area contributed by atoms with Gasteiger partial charge < -0.3 is 25.2 Å². The molecule has 0 radical (unpaired) electrons. The van der Waals surface area contributed by atoms with E-state index in [-0.39, 0.29) is 17.9 Å². The first-order valence-corrected chi connectivity index (χ1v) is 11.1. The Kier molecular flexibility index (Phi) is 9.63. The lowest BCUT2D eigenvalue weighted by Crippen LogP contribution is -2.57. The van der Waals surface area contributed by atoms with Crippen molar-refractivity contribution in [3.8, 4) is 0 Å². The van der Waals surface area contributed by atoms with Crippen LogP contribution < -0.4 is 0 Å². The Balaban J connectivity index is 2.87. The number of hydrogen-bond donors (Lipinski definition) is 5. The standard InChI is InChI=1S/C12H21NO10S3/c1-25(18)5-3-2-4-8(13-23-26(19,20)21)24-12-11(17)10(16)9(15)7(6-14)22-12/h3,5,7,9-12,14-17H,2,4,6H2,1H3,(H,19,20,21)/b5-3+,13-8?/t7-,9-,10+,11-,12+,25?/m1/s1. The molecular weight excluding hydrogens is 414 g/mol. The monoisotopic (exact) mass is 435 g/mol. The van der Waals surface area contributed by atoms with Crippen molar-refractivity contribution in [3.05, 3.63) is 11.5 Å². The van der Waals surface area contributed by atoms with Crippen molar-refractivity contribution in [3.63, 3.8) is 0 Å². The molecule has 6 atom stereocenters. The first-order valence-electron chi connectivity index (χ1n) is 7.24. The second kappa shape index (κ2) is 10.7. The lowest BCUT2D eigenvalue weighted by molar-refractivity contribution is -0.205. The summed E-state index contributed by atoms with van der Waals surface area (Å²) in [5.41, 5.74) is -1.20. The molecule has 0 aliphatic carbocycles. The number of ether oxygens (including phenoxy) is 1. The fourth-order valence-corrected chi connectivity index (χ4v) is 3.65. The van der Waals surface area contributed by atoms with Crippen LogP contribution in [0.25, 0.3) is 0 Å². The zero-order chi connectivity index (χ0) is 19.9. The van der Waals surface area contributed by atoms with Gasteiger partial charge in [-0.25, -0.2) is 4.28 Å². The largest absolute Gasteiger partial charge is 0.466 e. The molecule has 0 amide bonds. The van der Waals surface area contributed by atoms with Crippen LogP contribution in [0.1, 0.15) is 12.8 Å². The molecule has 1 rings (SSSR count). The van der Waals surface area contributed by atoms with Gasteiger partial charge in [-0.1, -0.05) is 23.0 Å². The maximum atomic E-state index is 11.0. The zero-order valence-corrected chi connectivity index (χ0v) is 16.1. The number of thioether (sulfide) groups is 1.